The lowest BCUT2D eigenvalue weighted by Gasteiger charge is -2.22. The average molecular weight is 327 g/mol. The zero-order chi connectivity index (χ0) is 13.5. The highest BCUT2D eigenvalue weighted by Crippen LogP contribution is 2.13. The zero-order valence-corrected chi connectivity index (χ0v) is 12.4. The van der Waals surface area contributed by atoms with Gasteiger partial charge in [0.05, 0.1) is 0 Å². The van der Waals surface area contributed by atoms with Gasteiger partial charge in [0, 0.05) is 30.8 Å². The summed E-state index contributed by atoms with van der Waals surface area (Å²) >= 11 is 3.41. The van der Waals surface area contributed by atoms with Gasteiger partial charge in [-0.2, -0.15) is 0 Å². The molecule has 0 aliphatic carbocycles. The smallest absolute Gasteiger partial charge is 0.315 e. The highest BCUT2D eigenvalue weighted by Gasteiger charge is 2.14. The molecule has 2 N–H and O–H groups in total. The number of ether oxygens (including phenoxy) is 1. The van der Waals surface area contributed by atoms with Gasteiger partial charge in [0.15, 0.2) is 0 Å². The first-order valence-corrected chi connectivity index (χ1v) is 7.37. The number of nitrogens with one attached hydrogen (secondary N) is 2. The molecule has 1 saturated heterocycles. The molecule has 1 aliphatic rings. The highest BCUT2D eigenvalue weighted by molar-refractivity contribution is 9.10. The first kappa shape index (κ1) is 14.3. The summed E-state index contributed by atoms with van der Waals surface area (Å²) in [6.45, 7) is 2.89. The number of carbonyl (C=O) groups excluding carboxylic acids is 1. The number of amides is 2. The third kappa shape index (κ3) is 5.20. The van der Waals surface area contributed by atoms with Crippen LogP contribution in [0.3, 0.4) is 0 Å². The highest BCUT2D eigenvalue weighted by atomic mass is 79.9. The molecule has 19 heavy (non-hydrogen) atoms. The maximum absolute atomic E-state index is 11.7. The average Bonchev–Trinajstić information content (AvgIpc) is 2.44. The molecule has 4 nitrogen and oxygen atoms in total. The lowest BCUT2D eigenvalue weighted by molar-refractivity contribution is 0.0669. The van der Waals surface area contributed by atoms with Gasteiger partial charge in [0.25, 0.3) is 0 Å². The minimum absolute atomic E-state index is 0.105. The van der Waals surface area contributed by atoms with Crippen molar-refractivity contribution in [2.24, 2.45) is 5.92 Å². The van der Waals surface area contributed by atoms with Gasteiger partial charge >= 0.3 is 6.03 Å². The lowest BCUT2D eigenvalue weighted by atomic mass is 10.0. The van der Waals surface area contributed by atoms with E-state index in [-0.39, 0.29) is 6.03 Å². The van der Waals surface area contributed by atoms with E-state index in [0.717, 1.165) is 42.6 Å². The molecule has 104 valence electrons. The van der Waals surface area contributed by atoms with E-state index in [0.29, 0.717) is 12.5 Å². The number of rotatable bonds is 4. The van der Waals surface area contributed by atoms with Gasteiger partial charge < -0.3 is 15.4 Å². The van der Waals surface area contributed by atoms with E-state index in [4.69, 9.17) is 4.74 Å². The van der Waals surface area contributed by atoms with Crippen LogP contribution in [0.4, 0.5) is 4.79 Å². The maximum atomic E-state index is 11.7. The predicted octanol–water partition coefficient (Wildman–Crippen LogP) is 2.67. The van der Waals surface area contributed by atoms with Crippen LogP contribution in [-0.2, 0) is 11.3 Å². The fourth-order valence-corrected chi connectivity index (χ4v) is 2.53. The van der Waals surface area contributed by atoms with Gasteiger partial charge in [0.2, 0.25) is 0 Å². The van der Waals surface area contributed by atoms with Gasteiger partial charge in [-0.3, -0.25) is 0 Å². The van der Waals surface area contributed by atoms with E-state index in [9.17, 15) is 4.79 Å². The van der Waals surface area contributed by atoms with Crippen molar-refractivity contribution in [2.75, 3.05) is 19.8 Å². The number of hydrogen-bond donors (Lipinski definition) is 2. The Kier molecular flexibility index (Phi) is 5.66. The Bertz CT molecular complexity index is 420. The Morgan fingerprint density at radius 2 is 2.11 bits per heavy atom. The van der Waals surface area contributed by atoms with Crippen LogP contribution >= 0.6 is 15.9 Å². The van der Waals surface area contributed by atoms with Crippen molar-refractivity contribution in [3.05, 3.63) is 34.3 Å². The van der Waals surface area contributed by atoms with Crippen LogP contribution < -0.4 is 10.6 Å². The van der Waals surface area contributed by atoms with Crippen LogP contribution in [-0.4, -0.2) is 25.8 Å². The van der Waals surface area contributed by atoms with E-state index >= 15 is 0 Å². The Morgan fingerprint density at radius 1 is 1.32 bits per heavy atom. The topological polar surface area (TPSA) is 50.4 Å². The Labute approximate surface area is 122 Å². The van der Waals surface area contributed by atoms with Gasteiger partial charge in [-0.05, 0) is 36.5 Å². The molecule has 5 heteroatoms. The molecule has 1 aromatic carbocycles. The predicted molar refractivity (Wildman–Crippen MR) is 77.9 cm³/mol. The molecular formula is C14H19BrN2O2. The van der Waals surface area contributed by atoms with Gasteiger partial charge in [-0.15, -0.1) is 0 Å². The van der Waals surface area contributed by atoms with Crippen LogP contribution in [0.1, 0.15) is 18.4 Å². The molecule has 0 radical (unpaired) electrons. The fraction of sp³-hybridized carbons (Fsp3) is 0.500. The van der Waals surface area contributed by atoms with Crippen LogP contribution in [0, 0.1) is 5.92 Å². The molecule has 0 unspecified atom stereocenters. The molecule has 0 atom stereocenters. The molecule has 2 rings (SSSR count). The summed E-state index contributed by atoms with van der Waals surface area (Å²) in [5.41, 5.74) is 1.08. The largest absolute Gasteiger partial charge is 0.381 e. The molecule has 0 aromatic heterocycles. The minimum Gasteiger partial charge on any atom is -0.381 e. The molecule has 2 amide bonds. The van der Waals surface area contributed by atoms with E-state index in [2.05, 4.69) is 26.6 Å². The van der Waals surface area contributed by atoms with E-state index in [1.807, 2.05) is 24.3 Å². The van der Waals surface area contributed by atoms with Crippen molar-refractivity contribution >= 4 is 22.0 Å². The third-order valence-corrected chi connectivity index (χ3v) is 3.73. The second-order valence-corrected chi connectivity index (χ2v) is 5.66. The molecule has 0 saturated carbocycles. The second kappa shape index (κ2) is 7.50. The number of carbonyl (C=O) groups is 1. The third-order valence-electron chi connectivity index (χ3n) is 3.23. The van der Waals surface area contributed by atoms with E-state index in [1.54, 1.807) is 0 Å². The summed E-state index contributed by atoms with van der Waals surface area (Å²) < 4.78 is 6.31. The van der Waals surface area contributed by atoms with Gasteiger partial charge in [-0.1, -0.05) is 28.1 Å². The Morgan fingerprint density at radius 3 is 2.84 bits per heavy atom. The summed E-state index contributed by atoms with van der Waals surface area (Å²) in [6, 6.07) is 7.81. The summed E-state index contributed by atoms with van der Waals surface area (Å²) in [5, 5.41) is 5.78. The van der Waals surface area contributed by atoms with Crippen LogP contribution in [0.5, 0.6) is 0 Å². The van der Waals surface area contributed by atoms with Crippen molar-refractivity contribution in [3.63, 3.8) is 0 Å². The van der Waals surface area contributed by atoms with Crippen LogP contribution in [0.15, 0.2) is 28.7 Å². The second-order valence-electron chi connectivity index (χ2n) is 4.75. The number of halogens is 1. The van der Waals surface area contributed by atoms with Gasteiger partial charge in [0.1, 0.15) is 0 Å². The quantitative estimate of drug-likeness (QED) is 0.893. The minimum atomic E-state index is -0.105. The zero-order valence-electron chi connectivity index (χ0n) is 10.8. The van der Waals surface area contributed by atoms with E-state index < -0.39 is 0 Å². The normalized spacial score (nSPS) is 16.1. The van der Waals surface area contributed by atoms with Crippen molar-refractivity contribution in [1.82, 2.24) is 10.6 Å². The van der Waals surface area contributed by atoms with Crippen molar-refractivity contribution in [2.45, 2.75) is 19.4 Å². The van der Waals surface area contributed by atoms with E-state index in [1.165, 1.54) is 0 Å². The molecule has 1 aliphatic heterocycles. The summed E-state index contributed by atoms with van der Waals surface area (Å²) in [5.74, 6) is 0.547. The first-order valence-electron chi connectivity index (χ1n) is 6.58. The summed E-state index contributed by atoms with van der Waals surface area (Å²) in [4.78, 5) is 11.7. The monoisotopic (exact) mass is 326 g/mol. The lowest BCUT2D eigenvalue weighted by Crippen LogP contribution is -2.39. The summed E-state index contributed by atoms with van der Waals surface area (Å²) in [7, 11) is 0. The van der Waals surface area contributed by atoms with Gasteiger partial charge in [-0.25, -0.2) is 4.79 Å². The Hall–Kier alpha value is -1.07. The number of benzene rings is 1. The SMILES string of the molecule is O=C(NCc1cccc(Br)c1)NCC1CCOCC1. The van der Waals surface area contributed by atoms with Crippen molar-refractivity contribution in [1.29, 1.82) is 0 Å². The first-order chi connectivity index (χ1) is 9.24. The Balaban J connectivity index is 1.66. The molecule has 1 aromatic rings. The maximum Gasteiger partial charge on any atom is 0.315 e. The molecule has 0 bridgehead atoms. The van der Waals surface area contributed by atoms with Crippen LogP contribution in [0.25, 0.3) is 0 Å². The van der Waals surface area contributed by atoms with Crippen molar-refractivity contribution < 1.29 is 9.53 Å². The molecule has 0 spiro atoms. The van der Waals surface area contributed by atoms with Crippen LogP contribution in [0.2, 0.25) is 0 Å². The molecular weight excluding hydrogens is 308 g/mol. The van der Waals surface area contributed by atoms with Crippen molar-refractivity contribution in [3.8, 4) is 0 Å². The standard InChI is InChI=1S/C14H19BrN2O2/c15-13-3-1-2-12(8-13)10-17-14(18)16-9-11-4-6-19-7-5-11/h1-3,8,11H,4-7,9-10H2,(H2,16,17,18). The summed E-state index contributed by atoms with van der Waals surface area (Å²) in [6.07, 6.45) is 2.07. The molecule has 1 fully saturated rings. The fourth-order valence-electron chi connectivity index (χ4n) is 2.08. The number of hydrogen-bond acceptors (Lipinski definition) is 2. The molecule has 1 heterocycles. The number of urea groups is 1.